The summed E-state index contributed by atoms with van der Waals surface area (Å²) < 4.78 is 11.0. The van der Waals surface area contributed by atoms with Crippen LogP contribution in [-0.4, -0.2) is 22.5 Å². The van der Waals surface area contributed by atoms with Gasteiger partial charge < -0.3 is 19.6 Å². The Balaban J connectivity index is 1.70. The lowest BCUT2D eigenvalue weighted by Gasteiger charge is -2.39. The van der Waals surface area contributed by atoms with Crippen LogP contribution in [0.15, 0.2) is 46.9 Å². The molecule has 0 radical (unpaired) electrons. The standard InChI is InChI=1S/C19H21NO5/c1-19(12-6-5-9-14(19)18(22)23)20-17(21)15-10-11-16(25-15)24-13-7-3-2-4-8-13/h2-4,7-8,10-11,14H,5-6,9,12H2,1H3,(H,20,21)(H,22,23). The summed E-state index contributed by atoms with van der Waals surface area (Å²) in [6.07, 6.45) is 2.94. The van der Waals surface area contributed by atoms with Crippen molar-refractivity contribution in [1.29, 1.82) is 0 Å². The van der Waals surface area contributed by atoms with Gasteiger partial charge in [0.05, 0.1) is 11.5 Å². The molecule has 2 aromatic rings. The molecule has 1 aromatic heterocycles. The molecular formula is C19H21NO5. The fraction of sp³-hybridized carbons (Fsp3) is 0.368. The van der Waals surface area contributed by atoms with E-state index in [4.69, 9.17) is 9.15 Å². The number of carbonyl (C=O) groups is 2. The number of hydrogen-bond acceptors (Lipinski definition) is 4. The summed E-state index contributed by atoms with van der Waals surface area (Å²) in [5.41, 5.74) is -0.783. The summed E-state index contributed by atoms with van der Waals surface area (Å²) in [4.78, 5) is 24.0. The minimum absolute atomic E-state index is 0.0990. The van der Waals surface area contributed by atoms with Gasteiger partial charge in [0.2, 0.25) is 0 Å². The largest absolute Gasteiger partial charge is 0.481 e. The number of rotatable bonds is 5. The fourth-order valence-corrected chi connectivity index (χ4v) is 3.30. The third kappa shape index (κ3) is 3.84. The lowest BCUT2D eigenvalue weighted by molar-refractivity contribution is -0.145. The molecular weight excluding hydrogens is 322 g/mol. The maximum atomic E-state index is 12.5. The number of amides is 1. The Morgan fingerprint density at radius 1 is 1.20 bits per heavy atom. The van der Waals surface area contributed by atoms with Crippen LogP contribution in [0.25, 0.3) is 0 Å². The lowest BCUT2D eigenvalue weighted by Crippen LogP contribution is -2.55. The van der Waals surface area contributed by atoms with Crippen LogP contribution in [0.3, 0.4) is 0 Å². The van der Waals surface area contributed by atoms with E-state index in [9.17, 15) is 14.7 Å². The van der Waals surface area contributed by atoms with Gasteiger partial charge in [-0.2, -0.15) is 0 Å². The SMILES string of the molecule is CC1(NC(=O)c2ccc(Oc3ccccc3)o2)CCCCC1C(=O)O. The quantitative estimate of drug-likeness (QED) is 0.861. The van der Waals surface area contributed by atoms with Gasteiger partial charge in [0.15, 0.2) is 5.76 Å². The first-order chi connectivity index (χ1) is 12.0. The van der Waals surface area contributed by atoms with Crippen molar-refractivity contribution in [2.75, 3.05) is 0 Å². The Bertz CT molecular complexity index is 754. The molecule has 2 N–H and O–H groups in total. The number of carbonyl (C=O) groups excluding carboxylic acids is 1. The van der Waals surface area contributed by atoms with Gasteiger partial charge in [0.1, 0.15) is 5.75 Å². The van der Waals surface area contributed by atoms with E-state index in [0.29, 0.717) is 18.6 Å². The molecule has 1 saturated carbocycles. The van der Waals surface area contributed by atoms with Crippen LogP contribution < -0.4 is 10.1 Å². The van der Waals surface area contributed by atoms with E-state index in [-0.39, 0.29) is 11.7 Å². The maximum Gasteiger partial charge on any atom is 0.308 e. The Morgan fingerprint density at radius 3 is 2.68 bits per heavy atom. The normalized spacial score (nSPS) is 23.0. The van der Waals surface area contributed by atoms with Gasteiger partial charge in [0.25, 0.3) is 11.9 Å². The molecule has 1 aromatic carbocycles. The predicted octanol–water partition coefficient (Wildman–Crippen LogP) is 3.84. The molecule has 1 aliphatic carbocycles. The highest BCUT2D eigenvalue weighted by Gasteiger charge is 2.42. The summed E-state index contributed by atoms with van der Waals surface area (Å²) in [7, 11) is 0. The Labute approximate surface area is 145 Å². The topological polar surface area (TPSA) is 88.8 Å². The molecule has 1 fully saturated rings. The van der Waals surface area contributed by atoms with Crippen molar-refractivity contribution in [1.82, 2.24) is 5.32 Å². The summed E-state index contributed by atoms with van der Waals surface area (Å²) >= 11 is 0. The van der Waals surface area contributed by atoms with Crippen LogP contribution in [0, 0.1) is 5.92 Å². The predicted molar refractivity (Wildman–Crippen MR) is 90.7 cm³/mol. The van der Waals surface area contributed by atoms with Crippen LogP contribution in [0.2, 0.25) is 0 Å². The Hall–Kier alpha value is -2.76. The number of carboxylic acids is 1. The molecule has 6 heteroatoms. The van der Waals surface area contributed by atoms with Gasteiger partial charge in [-0.1, -0.05) is 31.0 Å². The Kier molecular flexibility index (Phi) is 4.79. The van der Waals surface area contributed by atoms with E-state index < -0.39 is 23.3 Å². The lowest BCUT2D eigenvalue weighted by atomic mass is 9.74. The highest BCUT2D eigenvalue weighted by molar-refractivity contribution is 5.92. The van der Waals surface area contributed by atoms with Crippen LogP contribution >= 0.6 is 0 Å². The molecule has 0 aliphatic heterocycles. The molecule has 0 bridgehead atoms. The molecule has 2 atom stereocenters. The zero-order chi connectivity index (χ0) is 17.9. The van der Waals surface area contributed by atoms with Crippen molar-refractivity contribution < 1.29 is 23.8 Å². The number of hydrogen-bond donors (Lipinski definition) is 2. The third-order valence-electron chi connectivity index (χ3n) is 4.67. The Morgan fingerprint density at radius 2 is 1.96 bits per heavy atom. The van der Waals surface area contributed by atoms with Crippen molar-refractivity contribution in [3.63, 3.8) is 0 Å². The number of ether oxygens (including phenoxy) is 1. The first kappa shape index (κ1) is 17.1. The van der Waals surface area contributed by atoms with Crippen LogP contribution in [-0.2, 0) is 4.79 Å². The monoisotopic (exact) mass is 343 g/mol. The average Bonchev–Trinajstić information content (AvgIpc) is 3.04. The zero-order valence-electron chi connectivity index (χ0n) is 14.0. The van der Waals surface area contributed by atoms with Gasteiger partial charge in [-0.3, -0.25) is 9.59 Å². The highest BCUT2D eigenvalue weighted by atomic mass is 16.6. The number of nitrogens with one attached hydrogen (secondary N) is 1. The first-order valence-electron chi connectivity index (χ1n) is 8.36. The van der Waals surface area contributed by atoms with Crippen molar-refractivity contribution in [3.05, 3.63) is 48.2 Å². The van der Waals surface area contributed by atoms with E-state index in [0.717, 1.165) is 12.8 Å². The van der Waals surface area contributed by atoms with E-state index in [1.54, 1.807) is 25.1 Å². The van der Waals surface area contributed by atoms with E-state index >= 15 is 0 Å². The molecule has 1 amide bonds. The van der Waals surface area contributed by atoms with Crippen molar-refractivity contribution in [2.45, 2.75) is 38.1 Å². The highest BCUT2D eigenvalue weighted by Crippen LogP contribution is 2.34. The number of para-hydroxylation sites is 1. The van der Waals surface area contributed by atoms with E-state index in [1.807, 2.05) is 18.2 Å². The molecule has 1 aliphatic rings. The van der Waals surface area contributed by atoms with Gasteiger partial charge in [-0.15, -0.1) is 0 Å². The number of carboxylic acid groups (broad SMARTS) is 1. The van der Waals surface area contributed by atoms with Crippen molar-refractivity contribution in [2.24, 2.45) is 5.92 Å². The van der Waals surface area contributed by atoms with Gasteiger partial charge in [-0.25, -0.2) is 0 Å². The molecule has 25 heavy (non-hydrogen) atoms. The van der Waals surface area contributed by atoms with Crippen LogP contribution in [0.5, 0.6) is 11.7 Å². The molecule has 2 unspecified atom stereocenters. The summed E-state index contributed by atoms with van der Waals surface area (Å²) in [5, 5.41) is 12.3. The van der Waals surface area contributed by atoms with E-state index in [2.05, 4.69) is 5.32 Å². The van der Waals surface area contributed by atoms with Gasteiger partial charge in [0, 0.05) is 6.07 Å². The third-order valence-corrected chi connectivity index (χ3v) is 4.67. The average molecular weight is 343 g/mol. The second-order valence-corrected chi connectivity index (χ2v) is 6.54. The van der Waals surface area contributed by atoms with Crippen molar-refractivity contribution in [3.8, 4) is 11.7 Å². The summed E-state index contributed by atoms with van der Waals surface area (Å²) in [5.74, 6) is -0.996. The van der Waals surface area contributed by atoms with Crippen LogP contribution in [0.1, 0.15) is 43.2 Å². The van der Waals surface area contributed by atoms with Gasteiger partial charge in [-0.05, 0) is 38.0 Å². The van der Waals surface area contributed by atoms with Crippen LogP contribution in [0.4, 0.5) is 0 Å². The second-order valence-electron chi connectivity index (χ2n) is 6.54. The minimum Gasteiger partial charge on any atom is -0.481 e. The summed E-state index contributed by atoms with van der Waals surface area (Å²) in [6.45, 7) is 1.78. The fourth-order valence-electron chi connectivity index (χ4n) is 3.30. The second kappa shape index (κ2) is 7.01. The maximum absolute atomic E-state index is 12.5. The minimum atomic E-state index is -0.880. The molecule has 0 saturated heterocycles. The molecule has 3 rings (SSSR count). The molecule has 132 valence electrons. The summed E-state index contributed by atoms with van der Waals surface area (Å²) in [6, 6.07) is 12.2. The molecule has 6 nitrogen and oxygen atoms in total. The smallest absolute Gasteiger partial charge is 0.308 e. The molecule has 1 heterocycles. The van der Waals surface area contributed by atoms with E-state index in [1.165, 1.54) is 6.07 Å². The zero-order valence-corrected chi connectivity index (χ0v) is 14.0. The van der Waals surface area contributed by atoms with Crippen molar-refractivity contribution >= 4 is 11.9 Å². The number of aliphatic carboxylic acids is 1. The number of benzene rings is 1. The molecule has 0 spiro atoms. The first-order valence-corrected chi connectivity index (χ1v) is 8.36. The number of furan rings is 1. The van der Waals surface area contributed by atoms with Gasteiger partial charge >= 0.3 is 5.97 Å².